The van der Waals surface area contributed by atoms with Crippen molar-refractivity contribution < 1.29 is 0 Å². The third-order valence-electron chi connectivity index (χ3n) is 6.44. The summed E-state index contributed by atoms with van der Waals surface area (Å²) in [6.07, 6.45) is 0. The first-order valence-corrected chi connectivity index (χ1v) is 9.65. The smallest absolute Gasteiger partial charge is 0.119 e. The lowest BCUT2D eigenvalue weighted by Crippen LogP contribution is -2.31. The first kappa shape index (κ1) is 15.4. The molecule has 0 aromatic heterocycles. The van der Waals surface area contributed by atoms with E-state index < -0.39 is 5.41 Å². The maximum atomic E-state index is 10.8. The topological polar surface area (TPSA) is 23.8 Å². The lowest BCUT2D eigenvalue weighted by molar-refractivity contribution is 0.593. The van der Waals surface area contributed by atoms with Crippen LogP contribution in [0.4, 0.5) is 0 Å². The molecular weight excluding hydrogens is 338 g/mol. The van der Waals surface area contributed by atoms with Gasteiger partial charge < -0.3 is 0 Å². The van der Waals surface area contributed by atoms with Crippen molar-refractivity contribution in [1.82, 2.24) is 0 Å². The Balaban J connectivity index is 1.77. The Morgan fingerprint density at radius 3 is 1.39 bits per heavy atom. The molecule has 1 nitrogen and oxygen atoms in total. The van der Waals surface area contributed by atoms with E-state index in [1.807, 2.05) is 0 Å². The van der Waals surface area contributed by atoms with Gasteiger partial charge in [0.05, 0.1) is 6.07 Å². The van der Waals surface area contributed by atoms with E-state index in [4.69, 9.17) is 0 Å². The summed E-state index contributed by atoms with van der Waals surface area (Å²) < 4.78 is 0. The fraction of sp³-hybridized carbons (Fsp3) is 0.0741. The summed E-state index contributed by atoms with van der Waals surface area (Å²) >= 11 is 0. The standard InChI is InChI=1S/C27H17N/c28-17-27(24-15-7-5-11-20(24)21-12-6-8-16-25(21)27)26-22-13-3-1-9-18(22)19-10-2-4-14-23(19)26/h1-16,26H. The summed E-state index contributed by atoms with van der Waals surface area (Å²) in [4.78, 5) is 0. The molecule has 0 aliphatic heterocycles. The van der Waals surface area contributed by atoms with Crippen LogP contribution in [0.3, 0.4) is 0 Å². The third kappa shape index (κ3) is 1.71. The highest BCUT2D eigenvalue weighted by molar-refractivity contribution is 5.88. The molecule has 1 heteroatoms. The molecule has 0 heterocycles. The van der Waals surface area contributed by atoms with Gasteiger partial charge in [0, 0.05) is 5.92 Å². The summed E-state index contributed by atoms with van der Waals surface area (Å²) in [6.45, 7) is 0. The number of hydrogen-bond donors (Lipinski definition) is 0. The fourth-order valence-corrected chi connectivity index (χ4v) is 5.39. The minimum Gasteiger partial charge on any atom is -0.197 e. The molecule has 0 saturated carbocycles. The maximum absolute atomic E-state index is 10.8. The van der Waals surface area contributed by atoms with Gasteiger partial charge in [0.15, 0.2) is 0 Å². The molecule has 0 fully saturated rings. The van der Waals surface area contributed by atoms with Gasteiger partial charge in [-0.05, 0) is 44.5 Å². The van der Waals surface area contributed by atoms with Crippen molar-refractivity contribution >= 4 is 0 Å². The molecule has 4 aromatic rings. The van der Waals surface area contributed by atoms with Gasteiger partial charge in [-0.25, -0.2) is 0 Å². The molecular formula is C27H17N. The second kappa shape index (κ2) is 5.44. The Morgan fingerprint density at radius 2 is 0.929 bits per heavy atom. The Labute approximate surface area is 164 Å². The molecule has 28 heavy (non-hydrogen) atoms. The summed E-state index contributed by atoms with van der Waals surface area (Å²) in [5.41, 5.74) is 8.87. The van der Waals surface area contributed by atoms with E-state index in [0.717, 1.165) is 11.1 Å². The van der Waals surface area contributed by atoms with Crippen LogP contribution in [0.1, 0.15) is 28.2 Å². The Hall–Kier alpha value is -3.63. The summed E-state index contributed by atoms with van der Waals surface area (Å²) in [5, 5.41) is 10.8. The average molecular weight is 355 g/mol. The van der Waals surface area contributed by atoms with E-state index in [1.54, 1.807) is 0 Å². The van der Waals surface area contributed by atoms with Crippen LogP contribution < -0.4 is 0 Å². The monoisotopic (exact) mass is 355 g/mol. The van der Waals surface area contributed by atoms with Gasteiger partial charge in [-0.3, -0.25) is 0 Å². The van der Waals surface area contributed by atoms with Crippen LogP contribution in [0.15, 0.2) is 97.1 Å². The van der Waals surface area contributed by atoms with Crippen LogP contribution >= 0.6 is 0 Å². The van der Waals surface area contributed by atoms with E-state index in [1.165, 1.54) is 33.4 Å². The molecule has 6 rings (SSSR count). The molecule has 0 N–H and O–H groups in total. The molecule has 0 saturated heterocycles. The van der Waals surface area contributed by atoms with Crippen molar-refractivity contribution in [1.29, 1.82) is 5.26 Å². The van der Waals surface area contributed by atoms with Gasteiger partial charge in [-0.2, -0.15) is 5.26 Å². The first-order chi connectivity index (χ1) is 13.9. The van der Waals surface area contributed by atoms with Gasteiger partial charge in [0.25, 0.3) is 0 Å². The van der Waals surface area contributed by atoms with Crippen molar-refractivity contribution in [3.05, 3.63) is 119 Å². The lowest BCUT2D eigenvalue weighted by Gasteiger charge is -2.32. The van der Waals surface area contributed by atoms with Crippen molar-refractivity contribution in [3.63, 3.8) is 0 Å². The number of nitrogens with zero attached hydrogens (tertiary/aromatic N) is 1. The van der Waals surface area contributed by atoms with E-state index in [0.29, 0.717) is 0 Å². The predicted molar refractivity (Wildman–Crippen MR) is 112 cm³/mol. The summed E-state index contributed by atoms with van der Waals surface area (Å²) in [6, 6.07) is 36.8. The quantitative estimate of drug-likeness (QED) is 0.394. The van der Waals surface area contributed by atoms with Crippen LogP contribution in [0.25, 0.3) is 22.3 Å². The molecule has 0 spiro atoms. The van der Waals surface area contributed by atoms with Crippen LogP contribution in [0.2, 0.25) is 0 Å². The zero-order valence-corrected chi connectivity index (χ0v) is 15.3. The van der Waals surface area contributed by atoms with Gasteiger partial charge >= 0.3 is 0 Å². The average Bonchev–Trinajstić information content (AvgIpc) is 3.25. The summed E-state index contributed by atoms with van der Waals surface area (Å²) in [5.74, 6) is -0.0188. The van der Waals surface area contributed by atoms with Crippen molar-refractivity contribution in [2.24, 2.45) is 0 Å². The van der Waals surface area contributed by atoms with E-state index >= 15 is 0 Å². The summed E-state index contributed by atoms with van der Waals surface area (Å²) in [7, 11) is 0. The maximum Gasteiger partial charge on any atom is 0.119 e. The lowest BCUT2D eigenvalue weighted by atomic mass is 9.66. The zero-order chi connectivity index (χ0) is 18.7. The highest BCUT2D eigenvalue weighted by atomic mass is 14.5. The minimum atomic E-state index is -0.726. The van der Waals surface area contributed by atoms with Gasteiger partial charge in [-0.15, -0.1) is 0 Å². The Morgan fingerprint density at radius 1 is 0.536 bits per heavy atom. The molecule has 4 aromatic carbocycles. The van der Waals surface area contributed by atoms with Crippen molar-refractivity contribution in [2.45, 2.75) is 11.3 Å². The second-order valence-corrected chi connectivity index (χ2v) is 7.62. The largest absolute Gasteiger partial charge is 0.197 e. The van der Waals surface area contributed by atoms with Crippen molar-refractivity contribution in [3.8, 4) is 28.3 Å². The third-order valence-corrected chi connectivity index (χ3v) is 6.44. The number of rotatable bonds is 1. The normalized spacial score (nSPS) is 15.2. The first-order valence-electron chi connectivity index (χ1n) is 9.65. The van der Waals surface area contributed by atoms with E-state index in [2.05, 4.69) is 103 Å². The van der Waals surface area contributed by atoms with Crippen LogP contribution in [-0.4, -0.2) is 0 Å². The Bertz CT molecular complexity index is 1200. The van der Waals surface area contributed by atoms with Crippen LogP contribution in [0.5, 0.6) is 0 Å². The number of benzene rings is 4. The molecule has 0 atom stereocenters. The second-order valence-electron chi connectivity index (χ2n) is 7.62. The SMILES string of the molecule is N#CC1(C2c3ccccc3-c3ccccc32)c2ccccc2-c2ccccc21. The van der Waals surface area contributed by atoms with E-state index in [-0.39, 0.29) is 5.92 Å². The predicted octanol–water partition coefficient (Wildman–Crippen LogP) is 6.29. The fourth-order valence-electron chi connectivity index (χ4n) is 5.39. The molecule has 0 radical (unpaired) electrons. The van der Waals surface area contributed by atoms with Gasteiger partial charge in [0.1, 0.15) is 5.41 Å². The van der Waals surface area contributed by atoms with Gasteiger partial charge in [0.2, 0.25) is 0 Å². The molecule has 2 aliphatic carbocycles. The number of fused-ring (bicyclic) bond motifs is 6. The molecule has 0 amide bonds. The molecule has 2 aliphatic rings. The highest BCUT2D eigenvalue weighted by Crippen LogP contribution is 2.61. The molecule has 130 valence electrons. The van der Waals surface area contributed by atoms with E-state index in [9.17, 15) is 5.26 Å². The van der Waals surface area contributed by atoms with Crippen LogP contribution in [0, 0.1) is 11.3 Å². The van der Waals surface area contributed by atoms with Crippen LogP contribution in [-0.2, 0) is 5.41 Å². The highest BCUT2D eigenvalue weighted by Gasteiger charge is 2.53. The van der Waals surface area contributed by atoms with Crippen molar-refractivity contribution in [2.75, 3.05) is 0 Å². The number of hydrogen-bond acceptors (Lipinski definition) is 1. The zero-order valence-electron chi connectivity index (χ0n) is 15.3. The molecule has 0 unspecified atom stereocenters. The van der Waals surface area contributed by atoms with Gasteiger partial charge in [-0.1, -0.05) is 97.1 Å². The minimum absolute atomic E-state index is 0.0188. The number of nitriles is 1. The Kier molecular flexibility index (Phi) is 3.00. The molecule has 0 bridgehead atoms.